The van der Waals surface area contributed by atoms with E-state index in [9.17, 15) is 4.79 Å². The van der Waals surface area contributed by atoms with E-state index >= 15 is 0 Å². The number of carbonyl (C=O) groups excluding carboxylic acids is 1. The lowest BCUT2D eigenvalue weighted by molar-refractivity contribution is 0.0962. The van der Waals surface area contributed by atoms with E-state index in [1.807, 2.05) is 48.5 Å². The number of halogens is 2. The molecule has 0 spiro atoms. The van der Waals surface area contributed by atoms with Crippen molar-refractivity contribution in [2.24, 2.45) is 0 Å². The van der Waals surface area contributed by atoms with Gasteiger partial charge in [-0.25, -0.2) is 0 Å². The topological polar surface area (TPSA) is 26.3 Å². The molecule has 0 atom stereocenters. The van der Waals surface area contributed by atoms with Gasteiger partial charge in [0.15, 0.2) is 5.78 Å². The Bertz CT molecular complexity index is 547. The first-order valence-electron chi connectivity index (χ1n) is 5.83. The molecule has 0 unspecified atom stereocenters. The highest BCUT2D eigenvalue weighted by molar-refractivity contribution is 9.11. The van der Waals surface area contributed by atoms with Gasteiger partial charge in [0.05, 0.1) is 15.6 Å². The molecule has 0 heterocycles. The number of carbonyl (C=O) groups is 1. The maximum Gasteiger partial charge on any atom is 0.166 e. The average molecular weight is 384 g/mol. The maximum absolute atomic E-state index is 11.9. The number of hydrogen-bond donors (Lipinski definition) is 0. The van der Waals surface area contributed by atoms with Gasteiger partial charge in [-0.1, -0.05) is 36.4 Å². The number of para-hydroxylation sites is 1. The first-order chi connectivity index (χ1) is 9.18. The van der Waals surface area contributed by atoms with Crippen LogP contribution in [-0.4, -0.2) is 12.4 Å². The Balaban J connectivity index is 1.92. The van der Waals surface area contributed by atoms with Crippen molar-refractivity contribution in [1.29, 1.82) is 0 Å². The summed E-state index contributed by atoms with van der Waals surface area (Å²) in [7, 11) is 0. The van der Waals surface area contributed by atoms with Crippen LogP contribution < -0.4 is 4.74 Å². The third-order valence-electron chi connectivity index (χ3n) is 2.59. The molecule has 0 aromatic heterocycles. The Hall–Kier alpha value is -1.13. The van der Waals surface area contributed by atoms with Gasteiger partial charge in [-0.05, 0) is 44.0 Å². The van der Waals surface area contributed by atoms with Crippen LogP contribution in [0.25, 0.3) is 0 Å². The second kappa shape index (κ2) is 6.87. The van der Waals surface area contributed by atoms with Crippen LogP contribution in [0.4, 0.5) is 0 Å². The fourth-order valence-electron chi connectivity index (χ4n) is 1.63. The average Bonchev–Trinajstić information content (AvgIpc) is 2.43. The van der Waals surface area contributed by atoms with Crippen LogP contribution in [0.1, 0.15) is 16.8 Å². The van der Waals surface area contributed by atoms with Crippen molar-refractivity contribution in [2.75, 3.05) is 6.61 Å². The third-order valence-corrected chi connectivity index (χ3v) is 3.84. The summed E-state index contributed by atoms with van der Waals surface area (Å²) in [6.07, 6.45) is 0.359. The molecule has 0 N–H and O–H groups in total. The van der Waals surface area contributed by atoms with Gasteiger partial charge in [0.1, 0.15) is 5.75 Å². The van der Waals surface area contributed by atoms with Gasteiger partial charge in [-0.3, -0.25) is 4.79 Å². The summed E-state index contributed by atoms with van der Waals surface area (Å²) < 4.78 is 7.38. The second-order valence-electron chi connectivity index (χ2n) is 3.94. The number of rotatable bonds is 5. The summed E-state index contributed by atoms with van der Waals surface area (Å²) >= 11 is 6.84. The molecule has 0 amide bonds. The summed E-state index contributed by atoms with van der Waals surface area (Å²) in [6.45, 7) is 0.356. The summed E-state index contributed by atoms with van der Waals surface area (Å²) in [6, 6.07) is 15.0. The molecule has 0 saturated heterocycles. The zero-order valence-corrected chi connectivity index (χ0v) is 13.3. The fraction of sp³-hybridized carbons (Fsp3) is 0.133. The lowest BCUT2D eigenvalue weighted by Gasteiger charge is -2.09. The minimum atomic E-state index is 0.0868. The van der Waals surface area contributed by atoms with Gasteiger partial charge in [0, 0.05) is 12.0 Å². The van der Waals surface area contributed by atoms with Crippen molar-refractivity contribution < 1.29 is 9.53 Å². The van der Waals surface area contributed by atoms with Crippen molar-refractivity contribution >= 4 is 37.6 Å². The van der Waals surface area contributed by atoms with E-state index in [1.54, 1.807) is 0 Å². The Morgan fingerprint density at radius 3 is 2.21 bits per heavy atom. The molecule has 0 bridgehead atoms. The summed E-state index contributed by atoms with van der Waals surface area (Å²) in [5.41, 5.74) is 0.720. The molecule has 98 valence electrons. The Morgan fingerprint density at radius 1 is 0.947 bits per heavy atom. The molecule has 2 rings (SSSR count). The molecule has 0 aliphatic heterocycles. The minimum Gasteiger partial charge on any atom is -0.491 e. The fourth-order valence-corrected chi connectivity index (χ4v) is 2.86. The van der Waals surface area contributed by atoms with Gasteiger partial charge in [0.25, 0.3) is 0 Å². The summed E-state index contributed by atoms with van der Waals surface area (Å²) in [4.78, 5) is 11.9. The van der Waals surface area contributed by atoms with Crippen molar-refractivity contribution in [3.8, 4) is 5.75 Å². The standard InChI is InChI=1S/C15H12Br2O2/c16-12-7-4-8-13(17)15(12)19-10-9-14(18)11-5-2-1-3-6-11/h1-8H,9-10H2. The van der Waals surface area contributed by atoms with Crippen LogP contribution in [0.3, 0.4) is 0 Å². The van der Waals surface area contributed by atoms with Crippen LogP contribution in [0.5, 0.6) is 5.75 Å². The summed E-state index contributed by atoms with van der Waals surface area (Å²) in [5.74, 6) is 0.812. The number of hydrogen-bond acceptors (Lipinski definition) is 2. The molecule has 0 saturated carbocycles. The minimum absolute atomic E-state index is 0.0868. The molecule has 2 nitrogen and oxygen atoms in total. The molecule has 0 aliphatic carbocycles. The van der Waals surface area contributed by atoms with Crippen LogP contribution in [0.15, 0.2) is 57.5 Å². The molecular weight excluding hydrogens is 372 g/mol. The number of ketones is 1. The van der Waals surface area contributed by atoms with E-state index in [0.29, 0.717) is 13.0 Å². The van der Waals surface area contributed by atoms with Crippen LogP contribution >= 0.6 is 31.9 Å². The highest BCUT2D eigenvalue weighted by Gasteiger charge is 2.08. The van der Waals surface area contributed by atoms with Crippen molar-refractivity contribution in [1.82, 2.24) is 0 Å². The van der Waals surface area contributed by atoms with Gasteiger partial charge >= 0.3 is 0 Å². The predicted molar refractivity (Wildman–Crippen MR) is 82.7 cm³/mol. The molecule has 2 aromatic rings. The number of benzene rings is 2. The van der Waals surface area contributed by atoms with Gasteiger partial charge in [-0.15, -0.1) is 0 Å². The lowest BCUT2D eigenvalue weighted by Crippen LogP contribution is -2.07. The number of ether oxygens (including phenoxy) is 1. The smallest absolute Gasteiger partial charge is 0.166 e. The SMILES string of the molecule is O=C(CCOc1c(Br)cccc1Br)c1ccccc1. The molecular formula is C15H12Br2O2. The zero-order chi connectivity index (χ0) is 13.7. The predicted octanol–water partition coefficient (Wildman–Crippen LogP) is 4.86. The highest BCUT2D eigenvalue weighted by Crippen LogP contribution is 2.33. The number of Topliss-reactive ketones (excluding diaryl/α,β-unsaturated/α-hetero) is 1. The third kappa shape index (κ3) is 3.91. The van der Waals surface area contributed by atoms with E-state index < -0.39 is 0 Å². The zero-order valence-electron chi connectivity index (χ0n) is 10.1. The second-order valence-corrected chi connectivity index (χ2v) is 5.65. The first kappa shape index (κ1) is 14.3. The van der Waals surface area contributed by atoms with Gasteiger partial charge < -0.3 is 4.74 Å². The highest BCUT2D eigenvalue weighted by atomic mass is 79.9. The molecule has 4 heteroatoms. The molecule has 0 fully saturated rings. The molecule has 0 radical (unpaired) electrons. The largest absolute Gasteiger partial charge is 0.491 e. The molecule has 0 aliphatic rings. The van der Waals surface area contributed by atoms with Gasteiger partial charge in [0.2, 0.25) is 0 Å². The van der Waals surface area contributed by atoms with Crippen molar-refractivity contribution in [3.05, 3.63) is 63.0 Å². The van der Waals surface area contributed by atoms with Crippen LogP contribution in [-0.2, 0) is 0 Å². The van der Waals surface area contributed by atoms with Crippen LogP contribution in [0.2, 0.25) is 0 Å². The first-order valence-corrected chi connectivity index (χ1v) is 7.42. The van der Waals surface area contributed by atoms with Crippen molar-refractivity contribution in [3.63, 3.8) is 0 Å². The normalized spacial score (nSPS) is 10.2. The molecule has 2 aromatic carbocycles. The van der Waals surface area contributed by atoms with E-state index in [0.717, 1.165) is 20.3 Å². The Labute approximate surface area is 129 Å². The molecule has 19 heavy (non-hydrogen) atoms. The van der Waals surface area contributed by atoms with E-state index in [1.165, 1.54) is 0 Å². The Kier molecular flexibility index (Phi) is 5.16. The van der Waals surface area contributed by atoms with E-state index in [2.05, 4.69) is 31.9 Å². The van der Waals surface area contributed by atoms with Crippen LogP contribution in [0, 0.1) is 0 Å². The lowest BCUT2D eigenvalue weighted by atomic mass is 10.1. The maximum atomic E-state index is 11.9. The summed E-state index contributed by atoms with van der Waals surface area (Å²) in [5, 5.41) is 0. The monoisotopic (exact) mass is 382 g/mol. The van der Waals surface area contributed by atoms with Crippen molar-refractivity contribution in [2.45, 2.75) is 6.42 Å². The van der Waals surface area contributed by atoms with E-state index in [4.69, 9.17) is 4.74 Å². The van der Waals surface area contributed by atoms with Gasteiger partial charge in [-0.2, -0.15) is 0 Å². The van der Waals surface area contributed by atoms with E-state index in [-0.39, 0.29) is 5.78 Å². The Morgan fingerprint density at radius 2 is 1.58 bits per heavy atom. The quantitative estimate of drug-likeness (QED) is 0.689.